The topological polar surface area (TPSA) is 89.6 Å². The van der Waals surface area contributed by atoms with Crippen molar-refractivity contribution < 1.29 is 18.5 Å². The van der Waals surface area contributed by atoms with Crippen molar-refractivity contribution in [2.24, 2.45) is 5.16 Å². The quantitative estimate of drug-likeness (QED) is 0.666. The van der Waals surface area contributed by atoms with E-state index in [-0.39, 0.29) is 17.8 Å². The van der Waals surface area contributed by atoms with E-state index in [1.54, 1.807) is 24.3 Å². The van der Waals surface area contributed by atoms with Gasteiger partial charge in [0.1, 0.15) is 17.6 Å². The first-order chi connectivity index (χ1) is 14.1. The lowest BCUT2D eigenvalue weighted by molar-refractivity contribution is -0.115. The standard InChI is InChI=1S/C20H16ClFN4O3/c21-14-3-1-2-12(8-14)11-23-19(27)17-9-16(28-25-17)10-18-24-20(29-26-18)13-4-6-15(22)7-5-13/h1-8,16H,9-11H2,(H,23,27)/t16-/m1/s1. The molecule has 0 radical (unpaired) electrons. The first kappa shape index (κ1) is 19.1. The summed E-state index contributed by atoms with van der Waals surface area (Å²) in [5, 5.41) is 11.2. The molecule has 1 atom stereocenters. The molecule has 0 saturated heterocycles. The number of carbonyl (C=O) groups excluding carboxylic acids is 1. The SMILES string of the molecule is O=C(NCc1cccc(Cl)c1)C1=NO[C@@H](Cc2noc(-c3ccc(F)cc3)n2)C1. The molecule has 1 aliphatic heterocycles. The molecule has 0 bridgehead atoms. The number of nitrogens with zero attached hydrogens (tertiary/aromatic N) is 3. The van der Waals surface area contributed by atoms with Crippen LogP contribution in [0.15, 0.2) is 58.2 Å². The highest BCUT2D eigenvalue weighted by atomic mass is 35.5. The summed E-state index contributed by atoms with van der Waals surface area (Å²) in [6.45, 7) is 0.342. The van der Waals surface area contributed by atoms with Crippen LogP contribution < -0.4 is 5.32 Å². The molecule has 1 N–H and O–H groups in total. The number of halogens is 2. The second kappa shape index (κ2) is 8.40. The molecule has 4 rings (SSSR count). The Morgan fingerprint density at radius 3 is 2.86 bits per heavy atom. The van der Waals surface area contributed by atoms with Crippen molar-refractivity contribution in [1.29, 1.82) is 0 Å². The van der Waals surface area contributed by atoms with Crippen molar-refractivity contribution in [3.8, 4) is 11.5 Å². The van der Waals surface area contributed by atoms with Crippen molar-refractivity contribution in [3.05, 3.63) is 70.8 Å². The van der Waals surface area contributed by atoms with Gasteiger partial charge in [0.25, 0.3) is 11.8 Å². The van der Waals surface area contributed by atoms with Gasteiger partial charge in [0, 0.05) is 23.6 Å². The van der Waals surface area contributed by atoms with Gasteiger partial charge in [-0.05, 0) is 42.0 Å². The van der Waals surface area contributed by atoms with Gasteiger partial charge in [0.2, 0.25) is 0 Å². The zero-order valence-electron chi connectivity index (χ0n) is 15.1. The minimum Gasteiger partial charge on any atom is -0.391 e. The molecular weight excluding hydrogens is 399 g/mol. The van der Waals surface area contributed by atoms with Crippen LogP contribution in [-0.2, 0) is 22.6 Å². The number of rotatable bonds is 6. The molecule has 0 aliphatic carbocycles. The maximum absolute atomic E-state index is 13.0. The zero-order valence-corrected chi connectivity index (χ0v) is 15.9. The zero-order chi connectivity index (χ0) is 20.2. The second-order valence-electron chi connectivity index (χ2n) is 6.51. The number of hydrogen-bond donors (Lipinski definition) is 1. The van der Waals surface area contributed by atoms with Gasteiger partial charge in [-0.3, -0.25) is 4.79 Å². The lowest BCUT2D eigenvalue weighted by Crippen LogP contribution is -2.30. The van der Waals surface area contributed by atoms with Crippen LogP contribution in [-0.4, -0.2) is 27.9 Å². The van der Waals surface area contributed by atoms with Crippen molar-refractivity contribution in [3.63, 3.8) is 0 Å². The van der Waals surface area contributed by atoms with Crippen molar-refractivity contribution in [1.82, 2.24) is 15.5 Å². The highest BCUT2D eigenvalue weighted by Gasteiger charge is 2.27. The van der Waals surface area contributed by atoms with Crippen molar-refractivity contribution in [2.45, 2.75) is 25.5 Å². The van der Waals surface area contributed by atoms with E-state index < -0.39 is 0 Å². The Kier molecular flexibility index (Phi) is 5.53. The third-order valence-corrected chi connectivity index (χ3v) is 4.54. The number of aromatic nitrogens is 2. The summed E-state index contributed by atoms with van der Waals surface area (Å²) in [6, 6.07) is 13.0. The van der Waals surface area contributed by atoms with Gasteiger partial charge >= 0.3 is 0 Å². The molecule has 0 saturated carbocycles. The van der Waals surface area contributed by atoms with E-state index in [4.69, 9.17) is 21.0 Å². The third kappa shape index (κ3) is 4.78. The van der Waals surface area contributed by atoms with Crippen LogP contribution in [0.25, 0.3) is 11.5 Å². The molecule has 3 aromatic rings. The van der Waals surface area contributed by atoms with Crippen LogP contribution >= 0.6 is 11.6 Å². The van der Waals surface area contributed by atoms with Crippen molar-refractivity contribution in [2.75, 3.05) is 0 Å². The first-order valence-corrected chi connectivity index (χ1v) is 9.28. The van der Waals surface area contributed by atoms with Crippen LogP contribution in [0, 0.1) is 5.82 Å². The Labute approximate surface area is 170 Å². The average molecular weight is 415 g/mol. The van der Waals surface area contributed by atoms with E-state index in [1.807, 2.05) is 12.1 Å². The van der Waals surface area contributed by atoms with Gasteiger partial charge in [-0.1, -0.05) is 34.0 Å². The molecule has 1 amide bonds. The summed E-state index contributed by atoms with van der Waals surface area (Å²) in [5.41, 5.74) is 1.82. The molecule has 9 heteroatoms. The largest absolute Gasteiger partial charge is 0.391 e. The first-order valence-electron chi connectivity index (χ1n) is 8.90. The number of benzene rings is 2. The predicted octanol–water partition coefficient (Wildman–Crippen LogP) is 3.53. The Morgan fingerprint density at radius 1 is 1.24 bits per heavy atom. The molecule has 1 aromatic heterocycles. The summed E-state index contributed by atoms with van der Waals surface area (Å²) in [5.74, 6) is 0.0715. The maximum atomic E-state index is 13.0. The molecule has 1 aliphatic rings. The summed E-state index contributed by atoms with van der Waals surface area (Å²) >= 11 is 5.94. The van der Waals surface area contributed by atoms with Gasteiger partial charge in [-0.25, -0.2) is 4.39 Å². The van der Waals surface area contributed by atoms with Gasteiger partial charge < -0.3 is 14.7 Å². The normalized spacial score (nSPS) is 15.7. The molecular formula is C20H16ClFN4O3. The predicted molar refractivity (Wildman–Crippen MR) is 104 cm³/mol. The van der Waals surface area contributed by atoms with Crippen LogP contribution in [0.1, 0.15) is 17.8 Å². The number of amides is 1. The number of oxime groups is 1. The number of nitrogens with one attached hydrogen (secondary N) is 1. The maximum Gasteiger partial charge on any atom is 0.269 e. The Morgan fingerprint density at radius 2 is 2.07 bits per heavy atom. The summed E-state index contributed by atoms with van der Waals surface area (Å²) in [7, 11) is 0. The monoisotopic (exact) mass is 414 g/mol. The fourth-order valence-corrected chi connectivity index (χ4v) is 3.07. The fourth-order valence-electron chi connectivity index (χ4n) is 2.85. The smallest absolute Gasteiger partial charge is 0.269 e. The minimum atomic E-state index is -0.361. The van der Waals surface area contributed by atoms with Crippen LogP contribution in [0.4, 0.5) is 4.39 Å². The molecule has 0 spiro atoms. The number of hydrogen-bond acceptors (Lipinski definition) is 6. The fraction of sp³-hybridized carbons (Fsp3) is 0.200. The molecule has 0 unspecified atom stereocenters. The van der Waals surface area contributed by atoms with E-state index in [0.29, 0.717) is 47.4 Å². The van der Waals surface area contributed by atoms with Crippen LogP contribution in [0.2, 0.25) is 5.02 Å². The van der Waals surface area contributed by atoms with Crippen LogP contribution in [0.3, 0.4) is 0 Å². The van der Waals surface area contributed by atoms with Gasteiger partial charge in [0.15, 0.2) is 5.82 Å². The lowest BCUT2D eigenvalue weighted by Gasteiger charge is -2.05. The van der Waals surface area contributed by atoms with E-state index in [2.05, 4.69) is 20.6 Å². The van der Waals surface area contributed by atoms with Gasteiger partial charge in [0.05, 0.1) is 6.42 Å². The van der Waals surface area contributed by atoms with Gasteiger partial charge in [-0.15, -0.1) is 0 Å². The third-order valence-electron chi connectivity index (χ3n) is 4.31. The Bertz CT molecular complexity index is 1050. The van der Waals surface area contributed by atoms with Crippen LogP contribution in [0.5, 0.6) is 0 Å². The van der Waals surface area contributed by atoms with E-state index >= 15 is 0 Å². The summed E-state index contributed by atoms with van der Waals surface area (Å²) in [4.78, 5) is 21.9. The highest BCUT2D eigenvalue weighted by molar-refractivity contribution is 6.39. The highest BCUT2D eigenvalue weighted by Crippen LogP contribution is 2.20. The molecule has 29 heavy (non-hydrogen) atoms. The molecule has 7 nitrogen and oxygen atoms in total. The molecule has 2 aromatic carbocycles. The average Bonchev–Trinajstić information content (AvgIpc) is 3.37. The Balaban J connectivity index is 1.29. The molecule has 2 heterocycles. The minimum absolute atomic E-state index is 0.290. The Hall–Kier alpha value is -3.26. The summed E-state index contributed by atoms with van der Waals surface area (Å²) in [6.07, 6.45) is 0.307. The summed E-state index contributed by atoms with van der Waals surface area (Å²) < 4.78 is 18.2. The molecule has 0 fully saturated rings. The van der Waals surface area contributed by atoms with Crippen molar-refractivity contribution >= 4 is 23.2 Å². The van der Waals surface area contributed by atoms with E-state index in [0.717, 1.165) is 5.56 Å². The second-order valence-corrected chi connectivity index (χ2v) is 6.95. The van der Waals surface area contributed by atoms with Gasteiger partial charge in [-0.2, -0.15) is 4.98 Å². The van der Waals surface area contributed by atoms with E-state index in [9.17, 15) is 9.18 Å². The van der Waals surface area contributed by atoms with E-state index in [1.165, 1.54) is 12.1 Å². The molecule has 148 valence electrons. The number of carbonyl (C=O) groups is 1. The lowest BCUT2D eigenvalue weighted by atomic mass is 10.1.